The lowest BCUT2D eigenvalue weighted by atomic mass is 9.87. The lowest BCUT2D eigenvalue weighted by Crippen LogP contribution is -2.04. The fourth-order valence-electron chi connectivity index (χ4n) is 7.60. The van der Waals surface area contributed by atoms with Gasteiger partial charge in [0.05, 0.1) is 5.56 Å². The van der Waals surface area contributed by atoms with Gasteiger partial charge in [0.2, 0.25) is 0 Å². The summed E-state index contributed by atoms with van der Waals surface area (Å²) in [5.74, 6) is 3.01. The smallest absolute Gasteiger partial charge is 0.167 e. The molecule has 0 amide bonds. The van der Waals surface area contributed by atoms with Crippen LogP contribution in [0.3, 0.4) is 0 Å². The summed E-state index contributed by atoms with van der Waals surface area (Å²) in [6, 6.07) is 63.4. The van der Waals surface area contributed by atoms with Crippen molar-refractivity contribution in [3.05, 3.63) is 205 Å². The fourth-order valence-corrected chi connectivity index (χ4v) is 7.60. The molecule has 1 aliphatic carbocycles. The normalized spacial score (nSPS) is 13.5. The first-order valence-electron chi connectivity index (χ1n) is 18.7. The third-order valence-corrected chi connectivity index (χ3v) is 10.6. The Morgan fingerprint density at radius 1 is 0.400 bits per heavy atom. The first kappa shape index (κ1) is 32.5. The maximum atomic E-state index is 6.77. The van der Waals surface area contributed by atoms with Crippen molar-refractivity contribution >= 4 is 17.0 Å². The molecule has 0 spiro atoms. The van der Waals surface area contributed by atoms with E-state index in [1.807, 2.05) is 36.4 Å². The summed E-state index contributed by atoms with van der Waals surface area (Å²) in [6.07, 6.45) is 5.30. The molecule has 1 atom stereocenters. The Bertz CT molecular complexity index is 2790. The van der Waals surface area contributed by atoms with E-state index >= 15 is 0 Å². The van der Waals surface area contributed by atoms with Crippen LogP contribution in [0.25, 0.3) is 84.6 Å². The Kier molecular flexibility index (Phi) is 8.27. The Hall–Kier alpha value is -7.17. The van der Waals surface area contributed by atoms with Crippen LogP contribution < -0.4 is 0 Å². The lowest BCUT2D eigenvalue weighted by molar-refractivity contribution is 0.533. The van der Waals surface area contributed by atoms with Gasteiger partial charge in [-0.3, -0.25) is 0 Å². The Labute approximate surface area is 320 Å². The lowest BCUT2D eigenvalue weighted by Gasteiger charge is -2.17. The van der Waals surface area contributed by atoms with Gasteiger partial charge in [-0.1, -0.05) is 188 Å². The van der Waals surface area contributed by atoms with Gasteiger partial charge >= 0.3 is 0 Å². The van der Waals surface area contributed by atoms with E-state index in [-0.39, 0.29) is 5.92 Å². The summed E-state index contributed by atoms with van der Waals surface area (Å²) < 4.78 is 6.77. The van der Waals surface area contributed by atoms with Crippen molar-refractivity contribution in [1.82, 2.24) is 15.0 Å². The van der Waals surface area contributed by atoms with Crippen LogP contribution in [0.4, 0.5) is 0 Å². The van der Waals surface area contributed by atoms with Crippen LogP contribution in [-0.2, 0) is 6.42 Å². The molecular weight excluding hydrogens is 671 g/mol. The zero-order valence-corrected chi connectivity index (χ0v) is 30.0. The number of rotatable bonds is 7. The van der Waals surface area contributed by atoms with E-state index in [2.05, 4.69) is 158 Å². The average Bonchev–Trinajstić information content (AvgIpc) is 3.66. The third-order valence-electron chi connectivity index (χ3n) is 10.6. The van der Waals surface area contributed by atoms with Gasteiger partial charge in [0.25, 0.3) is 0 Å². The highest BCUT2D eigenvalue weighted by Gasteiger charge is 2.24. The SMILES string of the molecule is C1=CC(c2ccc(-c3ccc(-c4ccccc4)cc3)cc2)Cc2oc3c(-c4nc(-c5ccccc5)nc(-c5ccc(-c6ccccc6)cc5)n4)cccc3c21. The molecule has 0 N–H and O–H groups in total. The van der Waals surface area contributed by atoms with Gasteiger partial charge in [-0.15, -0.1) is 0 Å². The van der Waals surface area contributed by atoms with E-state index in [0.29, 0.717) is 17.5 Å². The van der Waals surface area contributed by atoms with Crippen LogP contribution in [0, 0.1) is 0 Å². The first-order chi connectivity index (χ1) is 27.2. The van der Waals surface area contributed by atoms with Crippen molar-refractivity contribution in [3.8, 4) is 67.5 Å². The van der Waals surface area contributed by atoms with Crippen molar-refractivity contribution in [2.24, 2.45) is 0 Å². The molecule has 0 radical (unpaired) electrons. The van der Waals surface area contributed by atoms with Gasteiger partial charge in [-0.05, 0) is 45.0 Å². The minimum Gasteiger partial charge on any atom is -0.460 e. The highest BCUT2D eigenvalue weighted by molar-refractivity contribution is 5.97. The highest BCUT2D eigenvalue weighted by Crippen LogP contribution is 2.40. The van der Waals surface area contributed by atoms with Gasteiger partial charge in [0.15, 0.2) is 17.5 Å². The molecule has 2 heterocycles. The average molecular weight is 706 g/mol. The van der Waals surface area contributed by atoms with Gasteiger partial charge in [-0.2, -0.15) is 0 Å². The molecule has 7 aromatic carbocycles. The second-order valence-corrected chi connectivity index (χ2v) is 14.0. The van der Waals surface area contributed by atoms with Crippen molar-refractivity contribution in [2.45, 2.75) is 12.3 Å². The minimum absolute atomic E-state index is 0.207. The van der Waals surface area contributed by atoms with E-state index in [9.17, 15) is 0 Å². The molecule has 4 heteroatoms. The van der Waals surface area contributed by atoms with E-state index in [1.165, 1.54) is 33.4 Å². The predicted molar refractivity (Wildman–Crippen MR) is 224 cm³/mol. The van der Waals surface area contributed by atoms with Crippen LogP contribution in [0.2, 0.25) is 0 Å². The molecule has 55 heavy (non-hydrogen) atoms. The number of aromatic nitrogens is 3. The molecule has 260 valence electrons. The molecule has 0 bridgehead atoms. The number of fused-ring (bicyclic) bond motifs is 3. The summed E-state index contributed by atoms with van der Waals surface area (Å²) in [5.41, 5.74) is 13.1. The second-order valence-electron chi connectivity index (χ2n) is 14.0. The number of benzene rings is 7. The van der Waals surface area contributed by atoms with Gasteiger partial charge in [-0.25, -0.2) is 15.0 Å². The zero-order valence-electron chi connectivity index (χ0n) is 30.0. The predicted octanol–water partition coefficient (Wildman–Crippen LogP) is 13.0. The minimum atomic E-state index is 0.207. The summed E-state index contributed by atoms with van der Waals surface area (Å²) in [7, 11) is 0. The van der Waals surface area contributed by atoms with Gasteiger partial charge in [0.1, 0.15) is 11.3 Å². The number of nitrogens with zero attached hydrogens (tertiary/aromatic N) is 3. The topological polar surface area (TPSA) is 51.8 Å². The summed E-state index contributed by atoms with van der Waals surface area (Å²) in [5, 5.41) is 1.06. The number of allylic oxidation sites excluding steroid dienone is 1. The maximum Gasteiger partial charge on any atom is 0.167 e. The zero-order chi connectivity index (χ0) is 36.6. The second kappa shape index (κ2) is 14.0. The van der Waals surface area contributed by atoms with Crippen molar-refractivity contribution < 1.29 is 4.42 Å². The van der Waals surface area contributed by atoms with E-state index < -0.39 is 0 Å². The van der Waals surface area contributed by atoms with Crippen molar-refractivity contribution in [2.75, 3.05) is 0 Å². The monoisotopic (exact) mass is 705 g/mol. The van der Waals surface area contributed by atoms with E-state index in [1.54, 1.807) is 0 Å². The third kappa shape index (κ3) is 6.34. The van der Waals surface area contributed by atoms with Crippen LogP contribution in [-0.4, -0.2) is 15.0 Å². The standard InChI is InChI=1S/C51H35N3O/c1-4-11-34(12-5-1)36-19-21-38(22-20-36)39-23-25-40(26-24-39)43-31-32-44-45-17-10-18-46(48(45)55-47(44)33-43)51-53-49(41-15-8-3-9-16-41)52-50(54-51)42-29-27-37(28-30-42)35-13-6-2-7-14-35/h1-32,43H,33H2. The van der Waals surface area contributed by atoms with Crippen LogP contribution in [0.1, 0.15) is 22.8 Å². The Morgan fingerprint density at radius 2 is 0.836 bits per heavy atom. The molecule has 0 saturated carbocycles. The summed E-state index contributed by atoms with van der Waals surface area (Å²) in [4.78, 5) is 15.1. The molecule has 1 aliphatic rings. The molecule has 0 saturated heterocycles. The molecule has 2 aromatic heterocycles. The van der Waals surface area contributed by atoms with Crippen LogP contribution in [0.5, 0.6) is 0 Å². The number of hydrogen-bond donors (Lipinski definition) is 0. The summed E-state index contributed by atoms with van der Waals surface area (Å²) in [6.45, 7) is 0. The Morgan fingerprint density at radius 3 is 1.38 bits per heavy atom. The fraction of sp³-hybridized carbons (Fsp3) is 0.0392. The molecule has 0 aliphatic heterocycles. The largest absolute Gasteiger partial charge is 0.460 e. The number of hydrogen-bond acceptors (Lipinski definition) is 4. The van der Waals surface area contributed by atoms with Gasteiger partial charge < -0.3 is 4.42 Å². The Balaban J connectivity index is 0.959. The molecular formula is C51H35N3O. The van der Waals surface area contributed by atoms with Crippen LogP contribution >= 0.6 is 0 Å². The van der Waals surface area contributed by atoms with E-state index in [0.717, 1.165) is 51.0 Å². The van der Waals surface area contributed by atoms with E-state index in [4.69, 9.17) is 19.4 Å². The quantitative estimate of drug-likeness (QED) is 0.166. The molecule has 4 nitrogen and oxygen atoms in total. The molecule has 1 unspecified atom stereocenters. The molecule has 10 rings (SSSR count). The van der Waals surface area contributed by atoms with Crippen molar-refractivity contribution in [1.29, 1.82) is 0 Å². The summed E-state index contributed by atoms with van der Waals surface area (Å²) >= 11 is 0. The maximum absolute atomic E-state index is 6.77. The number of para-hydroxylation sites is 1. The molecule has 0 fully saturated rings. The van der Waals surface area contributed by atoms with Crippen molar-refractivity contribution in [3.63, 3.8) is 0 Å². The highest BCUT2D eigenvalue weighted by atomic mass is 16.3. The number of furan rings is 1. The first-order valence-corrected chi connectivity index (χ1v) is 18.7. The van der Waals surface area contributed by atoms with Gasteiger partial charge in [0, 0.05) is 34.4 Å². The van der Waals surface area contributed by atoms with Crippen LogP contribution in [0.15, 0.2) is 192 Å². The molecule has 9 aromatic rings.